The van der Waals surface area contributed by atoms with Crippen molar-refractivity contribution in [1.82, 2.24) is 9.97 Å². The molecule has 26 heavy (non-hydrogen) atoms. The van der Waals surface area contributed by atoms with E-state index in [0.717, 1.165) is 27.7 Å². The Hall–Kier alpha value is -2.31. The monoisotopic (exact) mass is 350 g/mol. The number of hydrogen-bond acceptors (Lipinski definition) is 4. The van der Waals surface area contributed by atoms with Gasteiger partial charge in [0.05, 0.1) is 11.2 Å². The number of rotatable bonds is 3. The Balaban J connectivity index is 1.60. The predicted molar refractivity (Wildman–Crippen MR) is 103 cm³/mol. The van der Waals surface area contributed by atoms with Gasteiger partial charge in [-0.25, -0.2) is 4.98 Å². The Morgan fingerprint density at radius 3 is 2.46 bits per heavy atom. The third kappa shape index (κ3) is 2.79. The fraction of sp³-hybridized carbons (Fsp3) is 0.350. The van der Waals surface area contributed by atoms with E-state index < -0.39 is 0 Å². The lowest BCUT2D eigenvalue weighted by atomic mass is 9.76. The summed E-state index contributed by atoms with van der Waals surface area (Å²) in [6, 6.07) is 9.87. The number of aromatic nitrogens is 2. The Morgan fingerprint density at radius 2 is 1.77 bits per heavy atom. The molecule has 1 N–H and O–H groups in total. The Morgan fingerprint density at radius 1 is 1.04 bits per heavy atom. The van der Waals surface area contributed by atoms with Crippen LogP contribution in [0.4, 0.5) is 0 Å². The summed E-state index contributed by atoms with van der Waals surface area (Å²) in [6.45, 7) is 10.3. The van der Waals surface area contributed by atoms with E-state index >= 15 is 0 Å². The fourth-order valence-corrected chi connectivity index (χ4v) is 3.09. The van der Waals surface area contributed by atoms with E-state index in [2.05, 4.69) is 37.7 Å². The van der Waals surface area contributed by atoms with Crippen molar-refractivity contribution in [2.45, 2.75) is 45.8 Å². The molecule has 0 spiro atoms. The molecule has 3 heterocycles. The summed E-state index contributed by atoms with van der Waals surface area (Å²) in [5.41, 5.74) is 2.25. The van der Waals surface area contributed by atoms with Crippen molar-refractivity contribution >= 4 is 23.5 Å². The highest BCUT2D eigenvalue weighted by atomic mass is 16.7. The molecule has 2 aromatic heterocycles. The van der Waals surface area contributed by atoms with Gasteiger partial charge < -0.3 is 19.0 Å². The molecule has 1 aromatic carbocycles. The molecule has 1 fully saturated rings. The molecule has 0 atom stereocenters. The highest BCUT2D eigenvalue weighted by Crippen LogP contribution is 2.37. The molecule has 0 radical (unpaired) electrons. The fourth-order valence-electron chi connectivity index (χ4n) is 3.09. The van der Waals surface area contributed by atoms with Crippen molar-refractivity contribution in [3.05, 3.63) is 48.3 Å². The summed E-state index contributed by atoms with van der Waals surface area (Å²) in [7, 11) is -0.376. The molecule has 5 nitrogen and oxygen atoms in total. The van der Waals surface area contributed by atoms with Crippen LogP contribution in [0.25, 0.3) is 10.9 Å². The van der Waals surface area contributed by atoms with Gasteiger partial charge in [-0.1, -0.05) is 6.07 Å². The third-order valence-corrected chi connectivity index (χ3v) is 5.40. The van der Waals surface area contributed by atoms with Gasteiger partial charge in [0.25, 0.3) is 0 Å². The molecule has 0 aliphatic carbocycles. The summed E-state index contributed by atoms with van der Waals surface area (Å²) in [6.07, 6.45) is 3.63. The Kier molecular flexibility index (Phi) is 3.86. The number of nitrogens with zero attached hydrogens (tertiary/aromatic N) is 1. The first-order chi connectivity index (χ1) is 12.3. The molecule has 1 aliphatic heterocycles. The first-order valence-electron chi connectivity index (χ1n) is 8.83. The number of benzene rings is 1. The van der Waals surface area contributed by atoms with Gasteiger partial charge >= 0.3 is 7.12 Å². The topological polar surface area (TPSA) is 56.4 Å². The van der Waals surface area contributed by atoms with Gasteiger partial charge in [0.1, 0.15) is 11.3 Å². The average molecular weight is 350 g/mol. The zero-order valence-corrected chi connectivity index (χ0v) is 15.8. The van der Waals surface area contributed by atoms with Crippen molar-refractivity contribution in [3.63, 3.8) is 0 Å². The van der Waals surface area contributed by atoms with E-state index in [1.807, 2.05) is 43.5 Å². The lowest BCUT2D eigenvalue weighted by molar-refractivity contribution is 0.00578. The third-order valence-electron chi connectivity index (χ3n) is 5.40. The quantitative estimate of drug-likeness (QED) is 0.727. The van der Waals surface area contributed by atoms with Crippen molar-refractivity contribution in [1.29, 1.82) is 0 Å². The molecule has 1 aliphatic rings. The molecule has 0 saturated carbocycles. The molecule has 0 bridgehead atoms. The van der Waals surface area contributed by atoms with Gasteiger partial charge in [-0.05, 0) is 69.9 Å². The molecule has 6 heteroatoms. The molecular formula is C20H23BN2O3. The Labute approximate surface area is 153 Å². The summed E-state index contributed by atoms with van der Waals surface area (Å²) in [5, 5.41) is 1.07. The van der Waals surface area contributed by atoms with Crippen LogP contribution in [0.15, 0.2) is 42.7 Å². The lowest BCUT2D eigenvalue weighted by Crippen LogP contribution is -2.41. The maximum absolute atomic E-state index is 6.16. The first kappa shape index (κ1) is 17.1. The van der Waals surface area contributed by atoms with Crippen LogP contribution in [0.1, 0.15) is 33.3 Å². The Bertz CT molecular complexity index is 949. The summed E-state index contributed by atoms with van der Waals surface area (Å²) in [5.74, 6) is 1.30. The van der Waals surface area contributed by atoms with E-state index in [9.17, 15) is 0 Å². The van der Waals surface area contributed by atoms with E-state index in [0.29, 0.717) is 5.88 Å². The molecular weight excluding hydrogens is 327 g/mol. The van der Waals surface area contributed by atoms with E-state index in [1.165, 1.54) is 0 Å². The maximum Gasteiger partial charge on any atom is 0.495 e. The minimum absolute atomic E-state index is 0.355. The van der Waals surface area contributed by atoms with Crippen LogP contribution in [0.2, 0.25) is 0 Å². The minimum Gasteiger partial charge on any atom is -0.437 e. The van der Waals surface area contributed by atoms with Crippen LogP contribution in [-0.4, -0.2) is 28.3 Å². The average Bonchev–Trinajstić information content (AvgIpc) is 3.10. The second-order valence-corrected chi connectivity index (χ2v) is 7.77. The molecule has 3 aromatic rings. The zero-order valence-electron chi connectivity index (χ0n) is 15.8. The van der Waals surface area contributed by atoms with Crippen LogP contribution in [0.5, 0.6) is 11.6 Å². The minimum atomic E-state index is -0.376. The molecule has 0 unspecified atom stereocenters. The van der Waals surface area contributed by atoms with Gasteiger partial charge in [0.15, 0.2) is 0 Å². The summed E-state index contributed by atoms with van der Waals surface area (Å²) >= 11 is 0. The molecule has 0 amide bonds. The number of H-pyrrole nitrogens is 1. The maximum atomic E-state index is 6.16. The summed E-state index contributed by atoms with van der Waals surface area (Å²) in [4.78, 5) is 7.51. The van der Waals surface area contributed by atoms with Crippen LogP contribution in [0, 0.1) is 6.92 Å². The van der Waals surface area contributed by atoms with Gasteiger partial charge in [-0.3, -0.25) is 0 Å². The van der Waals surface area contributed by atoms with Gasteiger partial charge in [0.2, 0.25) is 5.88 Å². The van der Waals surface area contributed by atoms with E-state index in [1.54, 1.807) is 6.20 Å². The number of aromatic amines is 1. The molecule has 1 saturated heterocycles. The van der Waals surface area contributed by atoms with Crippen molar-refractivity contribution in [2.75, 3.05) is 0 Å². The number of nitrogens with one attached hydrogen (secondary N) is 1. The van der Waals surface area contributed by atoms with Crippen LogP contribution in [-0.2, 0) is 9.31 Å². The standard InChI is InChI=1S/C20H23BN2O3/c1-13-12-15(24-18-17-14(8-10-22-17)9-11-23-18)6-7-16(13)21-25-19(2,3)20(4,5)26-21/h6-12,22H,1-5H3. The number of aryl methyl sites for hydroxylation is 1. The van der Waals surface area contributed by atoms with Crippen molar-refractivity contribution in [2.24, 2.45) is 0 Å². The summed E-state index contributed by atoms with van der Waals surface area (Å²) < 4.78 is 18.3. The number of fused-ring (bicyclic) bond motifs is 1. The van der Waals surface area contributed by atoms with E-state index in [-0.39, 0.29) is 18.3 Å². The molecule has 4 rings (SSSR count). The van der Waals surface area contributed by atoms with Crippen LogP contribution in [0.3, 0.4) is 0 Å². The van der Waals surface area contributed by atoms with Crippen LogP contribution >= 0.6 is 0 Å². The SMILES string of the molecule is Cc1cc(Oc2nccc3cc[nH]c23)ccc1B1OC(C)(C)C(C)(C)O1. The van der Waals surface area contributed by atoms with Crippen LogP contribution < -0.4 is 10.2 Å². The largest absolute Gasteiger partial charge is 0.495 e. The second kappa shape index (κ2) is 5.86. The lowest BCUT2D eigenvalue weighted by Gasteiger charge is -2.32. The highest BCUT2D eigenvalue weighted by molar-refractivity contribution is 6.62. The number of hydrogen-bond donors (Lipinski definition) is 1. The van der Waals surface area contributed by atoms with Gasteiger partial charge in [0, 0.05) is 17.8 Å². The zero-order chi connectivity index (χ0) is 18.5. The smallest absolute Gasteiger partial charge is 0.437 e. The van der Waals surface area contributed by atoms with Gasteiger partial charge in [-0.2, -0.15) is 0 Å². The molecule has 134 valence electrons. The van der Waals surface area contributed by atoms with Gasteiger partial charge in [-0.15, -0.1) is 0 Å². The van der Waals surface area contributed by atoms with Crippen molar-refractivity contribution < 1.29 is 14.0 Å². The normalized spacial score (nSPS) is 18.4. The number of pyridine rings is 1. The predicted octanol–water partition coefficient (Wildman–Crippen LogP) is 3.96. The first-order valence-corrected chi connectivity index (χ1v) is 8.83. The van der Waals surface area contributed by atoms with E-state index in [4.69, 9.17) is 14.0 Å². The second-order valence-electron chi connectivity index (χ2n) is 7.77. The highest BCUT2D eigenvalue weighted by Gasteiger charge is 2.52. The van der Waals surface area contributed by atoms with Crippen molar-refractivity contribution in [3.8, 4) is 11.6 Å². The number of ether oxygens (including phenoxy) is 1.